The van der Waals surface area contributed by atoms with E-state index in [1.54, 1.807) is 6.07 Å². The minimum absolute atomic E-state index is 0.256. The van der Waals surface area contributed by atoms with E-state index in [0.717, 1.165) is 17.9 Å². The molecule has 2 bridgehead atoms. The van der Waals surface area contributed by atoms with Gasteiger partial charge in [-0.2, -0.15) is 0 Å². The number of nitrogens with zero attached hydrogens (tertiary/aromatic N) is 3. The Bertz CT molecular complexity index is 646. The summed E-state index contributed by atoms with van der Waals surface area (Å²) < 4.78 is 16.1. The molecule has 4 heterocycles. The van der Waals surface area contributed by atoms with Gasteiger partial charge in [-0.3, -0.25) is 0 Å². The fourth-order valence-electron chi connectivity index (χ4n) is 3.82. The number of fused-ring (bicyclic) bond motifs is 4. The molecule has 3 saturated heterocycles. The van der Waals surface area contributed by atoms with Gasteiger partial charge in [0.2, 0.25) is 0 Å². The van der Waals surface area contributed by atoms with E-state index in [0.29, 0.717) is 23.4 Å². The van der Waals surface area contributed by atoms with Crippen molar-refractivity contribution in [1.82, 2.24) is 14.5 Å². The number of imidazole rings is 1. The van der Waals surface area contributed by atoms with Crippen LogP contribution in [0.5, 0.6) is 0 Å². The minimum Gasteiger partial charge on any atom is -0.322 e. The van der Waals surface area contributed by atoms with Gasteiger partial charge in [0.15, 0.2) is 5.82 Å². The second-order valence-electron chi connectivity index (χ2n) is 5.84. The Hall–Kier alpha value is -1.13. The summed E-state index contributed by atoms with van der Waals surface area (Å²) >= 11 is 6.06. The summed E-state index contributed by atoms with van der Waals surface area (Å²) in [5, 5.41) is 0. The summed E-state index contributed by atoms with van der Waals surface area (Å²) in [5.41, 5.74) is 1.35. The molecule has 0 radical (unpaired) electrons. The maximum Gasteiger partial charge on any atom is 0.151 e. The number of rotatable bonds is 2. The maximum absolute atomic E-state index is 13.9. The third-order valence-electron chi connectivity index (χ3n) is 4.82. The minimum atomic E-state index is -0.256. The zero-order chi connectivity index (χ0) is 13.7. The molecule has 0 aliphatic carbocycles. The van der Waals surface area contributed by atoms with Crippen LogP contribution < -0.4 is 0 Å². The van der Waals surface area contributed by atoms with Crippen LogP contribution in [0.25, 0.3) is 11.0 Å². The second-order valence-corrected chi connectivity index (χ2v) is 6.11. The van der Waals surface area contributed by atoms with Crippen molar-refractivity contribution in [2.45, 2.75) is 24.8 Å². The fraction of sp³-hybridized carbons (Fsp3) is 0.533. The Morgan fingerprint density at radius 3 is 2.75 bits per heavy atom. The van der Waals surface area contributed by atoms with Crippen molar-refractivity contribution in [1.29, 1.82) is 0 Å². The maximum atomic E-state index is 13.9. The van der Waals surface area contributed by atoms with E-state index in [4.69, 9.17) is 11.6 Å². The van der Waals surface area contributed by atoms with Crippen LogP contribution in [0.3, 0.4) is 0 Å². The number of alkyl halides is 1. The van der Waals surface area contributed by atoms with Crippen molar-refractivity contribution in [3.63, 3.8) is 0 Å². The molecule has 1 atom stereocenters. The van der Waals surface area contributed by atoms with E-state index in [9.17, 15) is 4.39 Å². The van der Waals surface area contributed by atoms with Crippen LogP contribution in [0.4, 0.5) is 4.39 Å². The Morgan fingerprint density at radius 2 is 2.10 bits per heavy atom. The monoisotopic (exact) mass is 293 g/mol. The molecule has 5 rings (SSSR count). The Morgan fingerprint density at radius 1 is 1.30 bits per heavy atom. The smallest absolute Gasteiger partial charge is 0.151 e. The van der Waals surface area contributed by atoms with Gasteiger partial charge in [0, 0.05) is 6.54 Å². The summed E-state index contributed by atoms with van der Waals surface area (Å²) in [6, 6.07) is 5.57. The zero-order valence-electron chi connectivity index (χ0n) is 11.2. The van der Waals surface area contributed by atoms with E-state index >= 15 is 0 Å². The van der Waals surface area contributed by atoms with E-state index in [1.165, 1.54) is 32.0 Å². The molecule has 3 fully saturated rings. The van der Waals surface area contributed by atoms with Crippen molar-refractivity contribution in [3.8, 4) is 0 Å². The molecule has 106 valence electrons. The van der Waals surface area contributed by atoms with Gasteiger partial charge in [-0.25, -0.2) is 9.37 Å². The normalized spacial score (nSPS) is 29.2. The summed E-state index contributed by atoms with van der Waals surface area (Å²) in [5.74, 6) is 1.54. The van der Waals surface area contributed by atoms with Gasteiger partial charge in [-0.15, -0.1) is 11.6 Å². The van der Waals surface area contributed by atoms with Gasteiger partial charge in [-0.1, -0.05) is 6.07 Å². The summed E-state index contributed by atoms with van der Waals surface area (Å²) in [7, 11) is 0. The molecular formula is C15H17ClFN3. The van der Waals surface area contributed by atoms with Crippen LogP contribution in [0.1, 0.15) is 24.7 Å². The van der Waals surface area contributed by atoms with Crippen LogP contribution in [0.15, 0.2) is 18.2 Å². The number of hydrogen-bond donors (Lipinski definition) is 0. The van der Waals surface area contributed by atoms with Gasteiger partial charge >= 0.3 is 0 Å². The highest BCUT2D eigenvalue weighted by atomic mass is 35.5. The average molecular weight is 294 g/mol. The lowest BCUT2D eigenvalue weighted by Gasteiger charge is -2.45. The van der Waals surface area contributed by atoms with Crippen LogP contribution in [-0.4, -0.2) is 34.1 Å². The van der Waals surface area contributed by atoms with Crippen LogP contribution in [-0.2, 0) is 5.88 Å². The zero-order valence-corrected chi connectivity index (χ0v) is 12.0. The third kappa shape index (κ3) is 1.78. The third-order valence-corrected chi connectivity index (χ3v) is 5.06. The molecule has 0 N–H and O–H groups in total. The van der Waals surface area contributed by atoms with Crippen molar-refractivity contribution in [3.05, 3.63) is 29.8 Å². The lowest BCUT2D eigenvalue weighted by molar-refractivity contribution is 0.0578. The quantitative estimate of drug-likeness (QED) is 0.793. The predicted octanol–water partition coefficient (Wildman–Crippen LogP) is 3.18. The first-order valence-corrected chi connectivity index (χ1v) is 7.75. The van der Waals surface area contributed by atoms with Crippen molar-refractivity contribution >= 4 is 22.6 Å². The predicted molar refractivity (Wildman–Crippen MR) is 77.4 cm³/mol. The summed E-state index contributed by atoms with van der Waals surface area (Å²) in [6.07, 6.45) is 2.45. The molecule has 3 aliphatic rings. The number of piperidine rings is 3. The highest BCUT2D eigenvalue weighted by molar-refractivity contribution is 6.16. The second kappa shape index (κ2) is 4.71. The van der Waals surface area contributed by atoms with E-state index in [-0.39, 0.29) is 5.82 Å². The molecule has 3 nitrogen and oxygen atoms in total. The van der Waals surface area contributed by atoms with Gasteiger partial charge in [0.25, 0.3) is 0 Å². The first kappa shape index (κ1) is 12.6. The van der Waals surface area contributed by atoms with Crippen LogP contribution >= 0.6 is 11.6 Å². The van der Waals surface area contributed by atoms with Gasteiger partial charge in [0.05, 0.1) is 17.4 Å². The number of benzene rings is 1. The highest BCUT2D eigenvalue weighted by Gasteiger charge is 2.36. The fourth-order valence-corrected chi connectivity index (χ4v) is 4.01. The molecule has 0 saturated carbocycles. The molecule has 1 aromatic carbocycles. The lowest BCUT2D eigenvalue weighted by Crippen LogP contribution is -2.48. The SMILES string of the molecule is Fc1cccc2c1nc(CCl)n2C1CN2CCC1CC2. The van der Waals surface area contributed by atoms with E-state index in [1.807, 2.05) is 6.07 Å². The van der Waals surface area contributed by atoms with Gasteiger partial charge in [0.1, 0.15) is 11.3 Å². The molecule has 3 aliphatic heterocycles. The lowest BCUT2D eigenvalue weighted by atomic mass is 9.83. The standard InChI is InChI=1S/C15H17ClFN3/c16-8-14-18-15-11(17)2-1-3-12(15)20(14)13-9-19-6-4-10(13)5-7-19/h1-3,10,13H,4-9H2. The molecule has 20 heavy (non-hydrogen) atoms. The Labute approximate surface area is 122 Å². The average Bonchev–Trinajstić information content (AvgIpc) is 2.88. The summed E-state index contributed by atoms with van der Waals surface area (Å²) in [6.45, 7) is 3.42. The molecule has 0 amide bonds. The van der Waals surface area contributed by atoms with Crippen molar-refractivity contribution < 1.29 is 4.39 Å². The molecule has 0 spiro atoms. The van der Waals surface area contributed by atoms with E-state index < -0.39 is 0 Å². The van der Waals surface area contributed by atoms with Gasteiger partial charge < -0.3 is 9.47 Å². The van der Waals surface area contributed by atoms with Crippen molar-refractivity contribution in [2.24, 2.45) is 5.92 Å². The van der Waals surface area contributed by atoms with Crippen molar-refractivity contribution in [2.75, 3.05) is 19.6 Å². The number of para-hydroxylation sites is 1. The Kier molecular flexibility index (Phi) is 2.97. The van der Waals surface area contributed by atoms with E-state index in [2.05, 4.69) is 14.5 Å². The number of aromatic nitrogens is 2. The van der Waals surface area contributed by atoms with Crippen LogP contribution in [0, 0.1) is 11.7 Å². The molecule has 2 aromatic rings. The summed E-state index contributed by atoms with van der Waals surface area (Å²) in [4.78, 5) is 6.92. The number of hydrogen-bond acceptors (Lipinski definition) is 2. The highest BCUT2D eigenvalue weighted by Crippen LogP contribution is 2.38. The number of halogens is 2. The molecular weight excluding hydrogens is 277 g/mol. The Balaban J connectivity index is 1.88. The topological polar surface area (TPSA) is 21.1 Å². The molecule has 1 aromatic heterocycles. The molecule has 1 unspecified atom stereocenters. The van der Waals surface area contributed by atoms with Gasteiger partial charge in [-0.05, 0) is 44.0 Å². The molecule has 5 heteroatoms. The largest absolute Gasteiger partial charge is 0.322 e. The first-order chi connectivity index (χ1) is 9.78. The first-order valence-electron chi connectivity index (χ1n) is 7.21. The van der Waals surface area contributed by atoms with Crippen LogP contribution in [0.2, 0.25) is 0 Å².